The van der Waals surface area contributed by atoms with Gasteiger partial charge in [-0.2, -0.15) is 0 Å². The number of rotatable bonds is 4. The lowest BCUT2D eigenvalue weighted by molar-refractivity contribution is 0.123. The summed E-state index contributed by atoms with van der Waals surface area (Å²) in [7, 11) is 0. The van der Waals surface area contributed by atoms with Crippen LogP contribution >= 0.6 is 0 Å². The average Bonchev–Trinajstić information content (AvgIpc) is 2.15. The summed E-state index contributed by atoms with van der Waals surface area (Å²) >= 11 is 0. The van der Waals surface area contributed by atoms with Gasteiger partial charge in [0, 0.05) is 0 Å². The first-order chi connectivity index (χ1) is 6.59. The minimum Gasteiger partial charge on any atom is -0.491 e. The Morgan fingerprint density at radius 1 is 1.43 bits per heavy atom. The molecule has 1 aromatic rings. The molecule has 0 heterocycles. The molecular weight excluding hydrogens is 176 g/mol. The summed E-state index contributed by atoms with van der Waals surface area (Å²) in [5.41, 5.74) is 2.14. The Balaban J connectivity index is 2.60. The zero-order valence-electron chi connectivity index (χ0n) is 8.66. The number of allylic oxidation sites excluding steroid dienone is 1. The molecule has 0 fully saturated rings. The largest absolute Gasteiger partial charge is 0.491 e. The van der Waals surface area contributed by atoms with Crippen molar-refractivity contribution in [2.45, 2.75) is 20.0 Å². The second-order valence-corrected chi connectivity index (χ2v) is 3.46. The number of hydrogen-bond acceptors (Lipinski definition) is 2. The lowest BCUT2D eigenvalue weighted by Crippen LogP contribution is -2.12. The van der Waals surface area contributed by atoms with Crippen molar-refractivity contribution in [1.29, 1.82) is 0 Å². The molecule has 1 rings (SSSR count). The Kier molecular flexibility index (Phi) is 3.72. The van der Waals surface area contributed by atoms with Crippen LogP contribution in [-0.2, 0) is 0 Å². The van der Waals surface area contributed by atoms with E-state index in [1.54, 1.807) is 6.92 Å². The Morgan fingerprint density at radius 3 is 2.43 bits per heavy atom. The number of ether oxygens (including phenoxy) is 1. The third-order valence-corrected chi connectivity index (χ3v) is 1.84. The minimum atomic E-state index is -0.434. The standard InChI is InChI=1S/C12H16O2/c1-9(2)11-4-6-12(7-5-11)14-8-10(3)13/h4-7,10,13H,1,8H2,2-3H3. The zero-order valence-corrected chi connectivity index (χ0v) is 8.66. The lowest BCUT2D eigenvalue weighted by Gasteiger charge is -2.08. The van der Waals surface area contributed by atoms with E-state index in [9.17, 15) is 0 Å². The molecule has 76 valence electrons. The second-order valence-electron chi connectivity index (χ2n) is 3.46. The molecular formula is C12H16O2. The molecule has 0 amide bonds. The van der Waals surface area contributed by atoms with E-state index in [-0.39, 0.29) is 0 Å². The van der Waals surface area contributed by atoms with Gasteiger partial charge in [0.15, 0.2) is 0 Å². The van der Waals surface area contributed by atoms with Crippen LogP contribution in [-0.4, -0.2) is 17.8 Å². The fraction of sp³-hybridized carbons (Fsp3) is 0.333. The van der Waals surface area contributed by atoms with Crippen LogP contribution in [0.25, 0.3) is 5.57 Å². The zero-order chi connectivity index (χ0) is 10.6. The molecule has 0 aromatic heterocycles. The van der Waals surface area contributed by atoms with E-state index in [4.69, 9.17) is 9.84 Å². The van der Waals surface area contributed by atoms with Gasteiger partial charge in [-0.1, -0.05) is 24.3 Å². The SMILES string of the molecule is C=C(C)c1ccc(OCC(C)O)cc1. The number of aliphatic hydroxyl groups is 1. The maximum atomic E-state index is 9.02. The molecule has 0 saturated heterocycles. The van der Waals surface area contributed by atoms with Gasteiger partial charge in [-0.05, 0) is 31.5 Å². The van der Waals surface area contributed by atoms with E-state index in [0.717, 1.165) is 16.9 Å². The predicted octanol–water partition coefficient (Wildman–Crippen LogP) is 2.48. The molecule has 0 spiro atoms. The third-order valence-electron chi connectivity index (χ3n) is 1.84. The Hall–Kier alpha value is -1.28. The van der Waals surface area contributed by atoms with Crippen molar-refractivity contribution in [3.63, 3.8) is 0 Å². The first-order valence-electron chi connectivity index (χ1n) is 4.66. The van der Waals surface area contributed by atoms with Gasteiger partial charge in [0.25, 0.3) is 0 Å². The third kappa shape index (κ3) is 3.23. The summed E-state index contributed by atoms with van der Waals surface area (Å²) in [6.45, 7) is 7.83. The first kappa shape index (κ1) is 10.8. The number of aliphatic hydroxyl groups excluding tert-OH is 1. The van der Waals surface area contributed by atoms with Crippen LogP contribution in [0, 0.1) is 0 Å². The van der Waals surface area contributed by atoms with Crippen LogP contribution in [0.3, 0.4) is 0 Å². The van der Waals surface area contributed by atoms with Crippen molar-refractivity contribution in [2.75, 3.05) is 6.61 Å². The molecule has 1 N–H and O–H groups in total. The molecule has 0 bridgehead atoms. The Labute approximate surface area is 84.8 Å². The van der Waals surface area contributed by atoms with Crippen LogP contribution < -0.4 is 4.74 Å². The van der Waals surface area contributed by atoms with Gasteiger partial charge in [-0.25, -0.2) is 0 Å². The van der Waals surface area contributed by atoms with Gasteiger partial charge < -0.3 is 9.84 Å². The van der Waals surface area contributed by atoms with Crippen LogP contribution in [0.1, 0.15) is 19.4 Å². The highest BCUT2D eigenvalue weighted by Crippen LogP contribution is 2.16. The highest BCUT2D eigenvalue weighted by molar-refractivity contribution is 5.61. The van der Waals surface area contributed by atoms with E-state index in [2.05, 4.69) is 6.58 Å². The fourth-order valence-electron chi connectivity index (χ4n) is 1.05. The highest BCUT2D eigenvalue weighted by atomic mass is 16.5. The molecule has 0 radical (unpaired) electrons. The number of hydrogen-bond donors (Lipinski definition) is 1. The molecule has 14 heavy (non-hydrogen) atoms. The molecule has 0 aliphatic carbocycles. The van der Waals surface area contributed by atoms with Crippen molar-refractivity contribution in [3.05, 3.63) is 36.4 Å². The van der Waals surface area contributed by atoms with Crippen LogP contribution in [0.4, 0.5) is 0 Å². The molecule has 1 unspecified atom stereocenters. The van der Waals surface area contributed by atoms with E-state index in [1.807, 2.05) is 31.2 Å². The van der Waals surface area contributed by atoms with Crippen LogP contribution in [0.2, 0.25) is 0 Å². The summed E-state index contributed by atoms with van der Waals surface area (Å²) in [6.07, 6.45) is -0.434. The fourth-order valence-corrected chi connectivity index (χ4v) is 1.05. The quantitative estimate of drug-likeness (QED) is 0.794. The first-order valence-corrected chi connectivity index (χ1v) is 4.66. The second kappa shape index (κ2) is 4.82. The summed E-state index contributed by atoms with van der Waals surface area (Å²) in [4.78, 5) is 0. The van der Waals surface area contributed by atoms with Gasteiger partial charge in [-0.15, -0.1) is 0 Å². The van der Waals surface area contributed by atoms with Gasteiger partial charge in [0.2, 0.25) is 0 Å². The molecule has 1 atom stereocenters. The highest BCUT2D eigenvalue weighted by Gasteiger charge is 1.98. The molecule has 0 saturated carbocycles. The van der Waals surface area contributed by atoms with E-state index in [0.29, 0.717) is 6.61 Å². The maximum absolute atomic E-state index is 9.02. The van der Waals surface area contributed by atoms with E-state index in [1.165, 1.54) is 0 Å². The van der Waals surface area contributed by atoms with Crippen molar-refractivity contribution >= 4 is 5.57 Å². The Bertz CT molecular complexity index is 299. The average molecular weight is 192 g/mol. The topological polar surface area (TPSA) is 29.5 Å². The predicted molar refractivity (Wildman–Crippen MR) is 58.3 cm³/mol. The van der Waals surface area contributed by atoms with Gasteiger partial charge in [0.05, 0.1) is 6.10 Å². The normalized spacial score (nSPS) is 12.2. The van der Waals surface area contributed by atoms with E-state index < -0.39 is 6.10 Å². The van der Waals surface area contributed by atoms with Crippen LogP contribution in [0.15, 0.2) is 30.8 Å². The van der Waals surface area contributed by atoms with Gasteiger partial charge >= 0.3 is 0 Å². The molecule has 0 aliphatic heterocycles. The smallest absolute Gasteiger partial charge is 0.119 e. The van der Waals surface area contributed by atoms with Crippen molar-refractivity contribution in [1.82, 2.24) is 0 Å². The molecule has 1 aromatic carbocycles. The Morgan fingerprint density at radius 2 is 2.00 bits per heavy atom. The molecule has 0 aliphatic rings. The van der Waals surface area contributed by atoms with Crippen molar-refractivity contribution in [3.8, 4) is 5.75 Å². The summed E-state index contributed by atoms with van der Waals surface area (Å²) in [5, 5.41) is 9.02. The summed E-state index contributed by atoms with van der Waals surface area (Å²) in [6, 6.07) is 7.68. The lowest BCUT2D eigenvalue weighted by atomic mass is 10.1. The van der Waals surface area contributed by atoms with Gasteiger partial charge in [0.1, 0.15) is 12.4 Å². The monoisotopic (exact) mass is 192 g/mol. The van der Waals surface area contributed by atoms with E-state index >= 15 is 0 Å². The minimum absolute atomic E-state index is 0.326. The summed E-state index contributed by atoms with van der Waals surface area (Å²) < 4.78 is 5.32. The van der Waals surface area contributed by atoms with Gasteiger partial charge in [-0.3, -0.25) is 0 Å². The summed E-state index contributed by atoms with van der Waals surface area (Å²) in [5.74, 6) is 0.774. The van der Waals surface area contributed by atoms with Crippen molar-refractivity contribution in [2.24, 2.45) is 0 Å². The van der Waals surface area contributed by atoms with Crippen molar-refractivity contribution < 1.29 is 9.84 Å². The molecule has 2 heteroatoms. The maximum Gasteiger partial charge on any atom is 0.119 e. The number of benzene rings is 1. The van der Waals surface area contributed by atoms with Crippen LogP contribution in [0.5, 0.6) is 5.75 Å². The molecule has 2 nitrogen and oxygen atoms in total.